The van der Waals surface area contributed by atoms with Crippen molar-refractivity contribution in [3.05, 3.63) is 24.3 Å². The number of rotatable bonds is 7. The van der Waals surface area contributed by atoms with E-state index in [1.54, 1.807) is 31.4 Å². The largest absolute Gasteiger partial charge is 0.497 e. The van der Waals surface area contributed by atoms with E-state index in [9.17, 15) is 4.79 Å². The van der Waals surface area contributed by atoms with Crippen LogP contribution in [0.1, 0.15) is 12.8 Å². The summed E-state index contributed by atoms with van der Waals surface area (Å²) in [4.78, 5) is 11.6. The Bertz CT molecular complexity index is 426. The van der Waals surface area contributed by atoms with Crippen LogP contribution in [0, 0.1) is 5.41 Å². The highest BCUT2D eigenvalue weighted by Gasteiger charge is 2.42. The molecule has 0 aromatic heterocycles. The van der Waals surface area contributed by atoms with Crippen molar-refractivity contribution in [1.29, 1.82) is 0 Å². The Morgan fingerprint density at radius 3 is 2.47 bits per heavy atom. The monoisotopic (exact) mass is 265 g/mol. The molecule has 2 N–H and O–H groups in total. The molecule has 0 radical (unpaired) electrons. The normalized spacial score (nSPS) is 15.7. The number of amides is 1. The number of benzene rings is 1. The Labute approximate surface area is 112 Å². The minimum absolute atomic E-state index is 0.0200. The number of methoxy groups -OCH3 is 1. The standard InChI is InChI=1S/C14H19NO4/c1-18-11-2-4-12(5-3-11)19-8-13(17)15-9-14(10-16)6-7-14/h2-5,16H,6-10H2,1H3,(H,15,17). The second-order valence-electron chi connectivity index (χ2n) is 4.90. The molecule has 1 saturated carbocycles. The summed E-state index contributed by atoms with van der Waals surface area (Å²) in [5.41, 5.74) is -0.0736. The fraction of sp³-hybridized carbons (Fsp3) is 0.500. The van der Waals surface area contributed by atoms with Gasteiger partial charge in [-0.1, -0.05) is 0 Å². The van der Waals surface area contributed by atoms with E-state index in [1.807, 2.05) is 0 Å². The fourth-order valence-corrected chi connectivity index (χ4v) is 1.73. The second-order valence-corrected chi connectivity index (χ2v) is 4.90. The highest BCUT2D eigenvalue weighted by atomic mass is 16.5. The van der Waals surface area contributed by atoms with Crippen molar-refractivity contribution in [3.63, 3.8) is 0 Å². The van der Waals surface area contributed by atoms with Gasteiger partial charge in [-0.25, -0.2) is 0 Å². The molecular formula is C14H19NO4. The van der Waals surface area contributed by atoms with Gasteiger partial charge in [0, 0.05) is 12.0 Å². The SMILES string of the molecule is COc1ccc(OCC(=O)NCC2(CO)CC2)cc1. The van der Waals surface area contributed by atoms with Crippen molar-refractivity contribution in [2.75, 3.05) is 26.9 Å². The predicted molar refractivity (Wildman–Crippen MR) is 70.3 cm³/mol. The van der Waals surface area contributed by atoms with E-state index >= 15 is 0 Å². The van der Waals surface area contributed by atoms with E-state index in [4.69, 9.17) is 14.6 Å². The van der Waals surface area contributed by atoms with Gasteiger partial charge in [-0.05, 0) is 37.1 Å². The van der Waals surface area contributed by atoms with Gasteiger partial charge in [0.05, 0.1) is 13.7 Å². The molecule has 2 rings (SSSR count). The highest BCUT2D eigenvalue weighted by Crippen LogP contribution is 2.44. The number of aliphatic hydroxyl groups excluding tert-OH is 1. The Balaban J connectivity index is 1.70. The number of aliphatic hydroxyl groups is 1. The maximum Gasteiger partial charge on any atom is 0.257 e. The first kappa shape index (κ1) is 13.7. The van der Waals surface area contributed by atoms with E-state index in [0.29, 0.717) is 12.3 Å². The molecule has 0 saturated heterocycles. The summed E-state index contributed by atoms with van der Waals surface area (Å²) in [6, 6.07) is 7.06. The van der Waals surface area contributed by atoms with Crippen LogP contribution < -0.4 is 14.8 Å². The lowest BCUT2D eigenvalue weighted by atomic mass is 10.1. The van der Waals surface area contributed by atoms with Crippen LogP contribution in [0.3, 0.4) is 0 Å². The average molecular weight is 265 g/mol. The summed E-state index contributed by atoms with van der Waals surface area (Å²) in [6.07, 6.45) is 1.95. The van der Waals surface area contributed by atoms with Crippen LogP contribution in [0.4, 0.5) is 0 Å². The topological polar surface area (TPSA) is 67.8 Å². The van der Waals surface area contributed by atoms with Gasteiger partial charge in [0.25, 0.3) is 5.91 Å². The Morgan fingerprint density at radius 2 is 1.95 bits per heavy atom. The molecule has 0 heterocycles. The zero-order valence-electron chi connectivity index (χ0n) is 11.0. The fourth-order valence-electron chi connectivity index (χ4n) is 1.73. The molecule has 1 aliphatic carbocycles. The van der Waals surface area contributed by atoms with Gasteiger partial charge in [-0.15, -0.1) is 0 Å². The number of hydrogen-bond acceptors (Lipinski definition) is 4. The number of nitrogens with one attached hydrogen (secondary N) is 1. The molecule has 5 nitrogen and oxygen atoms in total. The van der Waals surface area contributed by atoms with Crippen LogP contribution in [0.2, 0.25) is 0 Å². The summed E-state index contributed by atoms with van der Waals surface area (Å²) in [7, 11) is 1.60. The van der Waals surface area contributed by atoms with Crippen molar-refractivity contribution in [2.45, 2.75) is 12.8 Å². The van der Waals surface area contributed by atoms with Gasteiger partial charge in [0.15, 0.2) is 6.61 Å². The molecule has 1 amide bonds. The summed E-state index contributed by atoms with van der Waals surface area (Å²) in [5.74, 6) is 1.20. The molecule has 1 aromatic rings. The molecule has 19 heavy (non-hydrogen) atoms. The third-order valence-electron chi connectivity index (χ3n) is 3.38. The van der Waals surface area contributed by atoms with Crippen LogP contribution in [-0.4, -0.2) is 37.9 Å². The van der Waals surface area contributed by atoms with Crippen LogP contribution in [0.5, 0.6) is 11.5 Å². The summed E-state index contributed by atoms with van der Waals surface area (Å²) < 4.78 is 10.4. The smallest absolute Gasteiger partial charge is 0.257 e. The molecule has 5 heteroatoms. The molecule has 0 bridgehead atoms. The molecule has 0 spiro atoms. The van der Waals surface area contributed by atoms with E-state index in [0.717, 1.165) is 18.6 Å². The number of hydrogen-bond donors (Lipinski definition) is 2. The molecule has 1 aromatic carbocycles. The van der Waals surface area contributed by atoms with Gasteiger partial charge in [0.2, 0.25) is 0 Å². The van der Waals surface area contributed by atoms with E-state index in [-0.39, 0.29) is 24.5 Å². The zero-order chi connectivity index (χ0) is 13.7. The molecule has 0 unspecified atom stereocenters. The first-order valence-corrected chi connectivity index (χ1v) is 6.32. The van der Waals surface area contributed by atoms with Gasteiger partial charge in [-0.3, -0.25) is 4.79 Å². The lowest BCUT2D eigenvalue weighted by Gasteiger charge is -2.13. The van der Waals surface area contributed by atoms with Crippen LogP contribution in [0.25, 0.3) is 0 Å². The Morgan fingerprint density at radius 1 is 1.32 bits per heavy atom. The summed E-state index contributed by atoms with van der Waals surface area (Å²) >= 11 is 0. The molecular weight excluding hydrogens is 246 g/mol. The van der Waals surface area contributed by atoms with E-state index < -0.39 is 0 Å². The van der Waals surface area contributed by atoms with Crippen molar-refractivity contribution in [2.24, 2.45) is 5.41 Å². The third kappa shape index (κ3) is 3.86. The maximum absolute atomic E-state index is 11.6. The number of carbonyl (C=O) groups is 1. The van der Waals surface area contributed by atoms with Crippen molar-refractivity contribution >= 4 is 5.91 Å². The third-order valence-corrected chi connectivity index (χ3v) is 3.38. The number of carbonyl (C=O) groups excluding carboxylic acids is 1. The lowest BCUT2D eigenvalue weighted by Crippen LogP contribution is -2.35. The Hall–Kier alpha value is -1.75. The Kier molecular flexibility index (Phi) is 4.27. The minimum atomic E-state index is -0.171. The van der Waals surface area contributed by atoms with Crippen molar-refractivity contribution < 1.29 is 19.4 Å². The summed E-state index contributed by atoms with van der Waals surface area (Å²) in [6.45, 7) is 0.634. The van der Waals surface area contributed by atoms with Gasteiger partial charge in [0.1, 0.15) is 11.5 Å². The summed E-state index contributed by atoms with van der Waals surface area (Å²) in [5, 5.41) is 11.9. The molecule has 0 atom stereocenters. The highest BCUT2D eigenvalue weighted by molar-refractivity contribution is 5.77. The first-order valence-electron chi connectivity index (χ1n) is 6.32. The zero-order valence-corrected chi connectivity index (χ0v) is 11.0. The molecule has 0 aliphatic heterocycles. The van der Waals surface area contributed by atoms with Crippen LogP contribution >= 0.6 is 0 Å². The van der Waals surface area contributed by atoms with Gasteiger partial charge in [-0.2, -0.15) is 0 Å². The first-order chi connectivity index (χ1) is 9.17. The lowest BCUT2D eigenvalue weighted by molar-refractivity contribution is -0.123. The predicted octanol–water partition coefficient (Wildman–Crippen LogP) is 0.963. The molecule has 1 aliphatic rings. The van der Waals surface area contributed by atoms with Crippen molar-refractivity contribution in [1.82, 2.24) is 5.32 Å². The maximum atomic E-state index is 11.6. The van der Waals surface area contributed by atoms with Crippen LogP contribution in [0.15, 0.2) is 24.3 Å². The van der Waals surface area contributed by atoms with Crippen molar-refractivity contribution in [3.8, 4) is 11.5 Å². The van der Waals surface area contributed by atoms with E-state index in [2.05, 4.69) is 5.32 Å². The molecule has 1 fully saturated rings. The minimum Gasteiger partial charge on any atom is -0.497 e. The quantitative estimate of drug-likeness (QED) is 0.770. The molecule has 104 valence electrons. The average Bonchev–Trinajstić information content (AvgIpc) is 3.24. The van der Waals surface area contributed by atoms with Gasteiger partial charge >= 0.3 is 0 Å². The number of ether oxygens (including phenoxy) is 2. The second kappa shape index (κ2) is 5.93. The van der Waals surface area contributed by atoms with Gasteiger partial charge < -0.3 is 19.9 Å². The van der Waals surface area contributed by atoms with E-state index in [1.165, 1.54) is 0 Å². The van der Waals surface area contributed by atoms with Crippen LogP contribution in [-0.2, 0) is 4.79 Å².